The van der Waals surface area contributed by atoms with Crippen LogP contribution in [0.15, 0.2) is 36.7 Å². The minimum atomic E-state index is 0.494. The van der Waals surface area contributed by atoms with E-state index in [1.54, 1.807) is 0 Å². The summed E-state index contributed by atoms with van der Waals surface area (Å²) in [4.78, 5) is 6.67. The van der Waals surface area contributed by atoms with E-state index in [4.69, 9.17) is 11.6 Å². The van der Waals surface area contributed by atoms with Gasteiger partial charge in [0.1, 0.15) is 0 Å². The number of aryl methyl sites for hydroxylation is 1. The Bertz CT molecular complexity index is 944. The molecule has 0 saturated carbocycles. The van der Waals surface area contributed by atoms with Crippen LogP contribution in [0.2, 0.25) is 5.02 Å². The van der Waals surface area contributed by atoms with Crippen LogP contribution in [0.5, 0.6) is 0 Å². The predicted octanol–water partition coefficient (Wildman–Crippen LogP) is 5.18. The lowest BCUT2D eigenvalue weighted by molar-refractivity contribution is 0.308. The standard InChI is InChI=1S/C22H26ClN3/c1-4-16(18-7-9-24-12-15(18)2)13-26-21-6-5-17(23)11-19(21)20-14-25(3)10-8-22(20)26/h5-7,9,11-12,16H,4,8,10,13-14H2,1-3H3. The molecule has 2 aromatic heterocycles. The highest BCUT2D eigenvalue weighted by Crippen LogP contribution is 2.35. The number of halogens is 1. The molecule has 26 heavy (non-hydrogen) atoms. The molecule has 3 nitrogen and oxygen atoms in total. The van der Waals surface area contributed by atoms with Crippen LogP contribution < -0.4 is 0 Å². The van der Waals surface area contributed by atoms with E-state index >= 15 is 0 Å². The molecule has 0 aliphatic carbocycles. The molecule has 0 radical (unpaired) electrons. The number of hydrogen-bond donors (Lipinski definition) is 0. The molecule has 1 aliphatic heterocycles. The first-order chi connectivity index (χ1) is 12.6. The summed E-state index contributed by atoms with van der Waals surface area (Å²) in [5.74, 6) is 0.494. The van der Waals surface area contributed by atoms with Gasteiger partial charge in [0, 0.05) is 66.0 Å². The Kier molecular flexibility index (Phi) is 4.76. The van der Waals surface area contributed by atoms with Gasteiger partial charge < -0.3 is 9.47 Å². The molecule has 0 spiro atoms. The van der Waals surface area contributed by atoms with E-state index in [0.29, 0.717) is 5.92 Å². The molecule has 4 heteroatoms. The summed E-state index contributed by atoms with van der Waals surface area (Å²) >= 11 is 6.33. The van der Waals surface area contributed by atoms with Gasteiger partial charge >= 0.3 is 0 Å². The Morgan fingerprint density at radius 3 is 2.88 bits per heavy atom. The number of nitrogens with zero attached hydrogens (tertiary/aromatic N) is 3. The highest BCUT2D eigenvalue weighted by Gasteiger charge is 2.24. The van der Waals surface area contributed by atoms with Crippen molar-refractivity contribution in [1.82, 2.24) is 14.5 Å². The van der Waals surface area contributed by atoms with Crippen molar-refractivity contribution in [2.24, 2.45) is 0 Å². The third kappa shape index (κ3) is 3.04. The van der Waals surface area contributed by atoms with Crippen molar-refractivity contribution in [1.29, 1.82) is 0 Å². The molecule has 3 aromatic rings. The minimum absolute atomic E-state index is 0.494. The molecular weight excluding hydrogens is 342 g/mol. The highest BCUT2D eigenvalue weighted by atomic mass is 35.5. The van der Waals surface area contributed by atoms with E-state index in [9.17, 15) is 0 Å². The number of hydrogen-bond acceptors (Lipinski definition) is 2. The predicted molar refractivity (Wildman–Crippen MR) is 109 cm³/mol. The Hall–Kier alpha value is -1.84. The lowest BCUT2D eigenvalue weighted by atomic mass is 9.93. The van der Waals surface area contributed by atoms with E-state index in [2.05, 4.69) is 53.5 Å². The normalized spacial score (nSPS) is 16.0. The fraction of sp³-hybridized carbons (Fsp3) is 0.409. The summed E-state index contributed by atoms with van der Waals surface area (Å²) in [5.41, 5.74) is 6.97. The zero-order valence-electron chi connectivity index (χ0n) is 15.8. The number of aromatic nitrogens is 2. The number of benzene rings is 1. The molecule has 1 unspecified atom stereocenters. The molecule has 0 bridgehead atoms. The number of likely N-dealkylation sites (N-methyl/N-ethyl adjacent to an activating group) is 1. The van der Waals surface area contributed by atoms with Gasteiger partial charge in [0.2, 0.25) is 0 Å². The van der Waals surface area contributed by atoms with Crippen LogP contribution in [0.3, 0.4) is 0 Å². The average Bonchev–Trinajstić information content (AvgIpc) is 2.92. The van der Waals surface area contributed by atoms with Crippen LogP contribution >= 0.6 is 11.6 Å². The lowest BCUT2D eigenvalue weighted by Crippen LogP contribution is -2.27. The second kappa shape index (κ2) is 7.05. The summed E-state index contributed by atoms with van der Waals surface area (Å²) in [6.45, 7) is 7.58. The summed E-state index contributed by atoms with van der Waals surface area (Å²) in [5, 5.41) is 2.14. The van der Waals surface area contributed by atoms with Crippen LogP contribution in [-0.4, -0.2) is 28.0 Å². The molecule has 0 amide bonds. The van der Waals surface area contributed by atoms with Crippen LogP contribution in [0.25, 0.3) is 10.9 Å². The molecule has 0 saturated heterocycles. The number of pyridine rings is 1. The topological polar surface area (TPSA) is 21.1 Å². The van der Waals surface area contributed by atoms with Crippen LogP contribution in [-0.2, 0) is 19.5 Å². The van der Waals surface area contributed by atoms with Crippen LogP contribution in [0.4, 0.5) is 0 Å². The van der Waals surface area contributed by atoms with E-state index in [0.717, 1.165) is 37.5 Å². The van der Waals surface area contributed by atoms with E-state index in [-0.39, 0.29) is 0 Å². The SMILES string of the molecule is CCC(Cn1c2c(c3cc(Cl)ccc31)CN(C)CC2)c1ccncc1C. The van der Waals surface area contributed by atoms with Gasteiger partial charge in [-0.2, -0.15) is 0 Å². The maximum absolute atomic E-state index is 6.33. The minimum Gasteiger partial charge on any atom is -0.344 e. The van der Waals surface area contributed by atoms with Crippen molar-refractivity contribution in [2.75, 3.05) is 13.6 Å². The summed E-state index contributed by atoms with van der Waals surface area (Å²) < 4.78 is 2.56. The zero-order chi connectivity index (χ0) is 18.3. The summed E-state index contributed by atoms with van der Waals surface area (Å²) in [6, 6.07) is 8.55. The second-order valence-corrected chi connectivity index (χ2v) is 7.96. The zero-order valence-corrected chi connectivity index (χ0v) is 16.6. The van der Waals surface area contributed by atoms with Crippen molar-refractivity contribution < 1.29 is 0 Å². The lowest BCUT2D eigenvalue weighted by Gasteiger charge is -2.26. The fourth-order valence-electron chi connectivity index (χ4n) is 4.38. The van der Waals surface area contributed by atoms with Gasteiger partial charge in [-0.15, -0.1) is 0 Å². The molecule has 0 fully saturated rings. The van der Waals surface area contributed by atoms with E-state index in [1.165, 1.54) is 33.3 Å². The molecule has 3 heterocycles. The third-order valence-corrected chi connectivity index (χ3v) is 6.04. The van der Waals surface area contributed by atoms with Crippen molar-refractivity contribution in [2.45, 2.75) is 45.7 Å². The molecule has 1 atom stereocenters. The van der Waals surface area contributed by atoms with Crippen molar-refractivity contribution >= 4 is 22.5 Å². The molecule has 1 aromatic carbocycles. The maximum Gasteiger partial charge on any atom is 0.0487 e. The Morgan fingerprint density at radius 2 is 2.12 bits per heavy atom. The number of rotatable bonds is 4. The first-order valence-electron chi connectivity index (χ1n) is 9.47. The van der Waals surface area contributed by atoms with Crippen LogP contribution in [0.1, 0.15) is 41.6 Å². The Labute approximate surface area is 160 Å². The Balaban J connectivity index is 1.82. The van der Waals surface area contributed by atoms with E-state index < -0.39 is 0 Å². The van der Waals surface area contributed by atoms with Gasteiger partial charge in [0.25, 0.3) is 0 Å². The number of fused-ring (bicyclic) bond motifs is 3. The first-order valence-corrected chi connectivity index (χ1v) is 9.84. The summed E-state index contributed by atoms with van der Waals surface area (Å²) in [7, 11) is 2.20. The van der Waals surface area contributed by atoms with Gasteiger partial charge in [-0.05, 0) is 61.3 Å². The van der Waals surface area contributed by atoms with Crippen molar-refractivity contribution in [3.63, 3.8) is 0 Å². The van der Waals surface area contributed by atoms with E-state index in [1.807, 2.05) is 18.5 Å². The smallest absolute Gasteiger partial charge is 0.0487 e. The molecule has 1 aliphatic rings. The Morgan fingerprint density at radius 1 is 1.27 bits per heavy atom. The third-order valence-electron chi connectivity index (χ3n) is 5.81. The van der Waals surface area contributed by atoms with Gasteiger partial charge in [0.15, 0.2) is 0 Å². The summed E-state index contributed by atoms with van der Waals surface area (Å²) in [6.07, 6.45) is 6.12. The van der Waals surface area contributed by atoms with Gasteiger partial charge in [0.05, 0.1) is 0 Å². The quantitative estimate of drug-likeness (QED) is 0.633. The highest BCUT2D eigenvalue weighted by molar-refractivity contribution is 6.31. The molecule has 136 valence electrons. The molecule has 0 N–H and O–H groups in total. The molecular formula is C22H26ClN3. The largest absolute Gasteiger partial charge is 0.344 e. The second-order valence-electron chi connectivity index (χ2n) is 7.52. The van der Waals surface area contributed by atoms with Crippen LogP contribution in [0, 0.1) is 6.92 Å². The van der Waals surface area contributed by atoms with Crippen molar-refractivity contribution in [3.8, 4) is 0 Å². The van der Waals surface area contributed by atoms with Gasteiger partial charge in [-0.1, -0.05) is 18.5 Å². The first kappa shape index (κ1) is 17.6. The van der Waals surface area contributed by atoms with Gasteiger partial charge in [-0.25, -0.2) is 0 Å². The average molecular weight is 368 g/mol. The van der Waals surface area contributed by atoms with Crippen molar-refractivity contribution in [3.05, 3.63) is 64.1 Å². The van der Waals surface area contributed by atoms with Gasteiger partial charge in [-0.3, -0.25) is 4.98 Å². The fourth-order valence-corrected chi connectivity index (χ4v) is 4.55. The maximum atomic E-state index is 6.33. The monoisotopic (exact) mass is 367 g/mol. The molecule has 4 rings (SSSR count).